The third kappa shape index (κ3) is 2.46. The van der Waals surface area contributed by atoms with Gasteiger partial charge in [-0.15, -0.1) is 11.3 Å². The number of nitrogens with one attached hydrogen (secondary N) is 1. The van der Waals surface area contributed by atoms with E-state index in [1.807, 2.05) is 18.2 Å². The van der Waals surface area contributed by atoms with Crippen LogP contribution in [0.1, 0.15) is 29.9 Å². The molecule has 4 nitrogen and oxygen atoms in total. The lowest BCUT2D eigenvalue weighted by Gasteiger charge is -2.06. The number of thiophene rings is 1. The highest BCUT2D eigenvalue weighted by atomic mass is 32.1. The average Bonchev–Trinajstić information content (AvgIpc) is 2.92. The van der Waals surface area contributed by atoms with Gasteiger partial charge in [0.15, 0.2) is 0 Å². The Morgan fingerprint density at radius 2 is 2.24 bits per heavy atom. The van der Waals surface area contributed by atoms with Gasteiger partial charge in [-0.1, -0.05) is 19.9 Å². The minimum absolute atomic E-state index is 0.0848. The van der Waals surface area contributed by atoms with Gasteiger partial charge in [-0.05, 0) is 29.9 Å². The van der Waals surface area contributed by atoms with Crippen molar-refractivity contribution < 1.29 is 9.53 Å². The van der Waals surface area contributed by atoms with E-state index in [1.165, 1.54) is 17.8 Å². The summed E-state index contributed by atoms with van der Waals surface area (Å²) in [5.74, 6) is 1.20. The predicted octanol–water partition coefficient (Wildman–Crippen LogP) is 3.27. The molecule has 1 aliphatic rings. The Hall–Kier alpha value is -1.75. The first-order chi connectivity index (χ1) is 9.94. The van der Waals surface area contributed by atoms with E-state index in [4.69, 9.17) is 10.5 Å². The van der Waals surface area contributed by atoms with Crippen molar-refractivity contribution in [1.29, 1.82) is 0 Å². The number of carbonyl (C=O) groups excluding carboxylic acids is 1. The van der Waals surface area contributed by atoms with Gasteiger partial charge >= 0.3 is 0 Å². The summed E-state index contributed by atoms with van der Waals surface area (Å²) in [6, 6.07) is 5.73. The summed E-state index contributed by atoms with van der Waals surface area (Å²) in [6.07, 6.45) is 1.17. The van der Waals surface area contributed by atoms with Crippen molar-refractivity contribution in [2.45, 2.75) is 20.3 Å². The van der Waals surface area contributed by atoms with Crippen LogP contribution >= 0.6 is 11.3 Å². The molecular formula is C16H20N2O2S. The molecule has 1 aromatic heterocycles. The van der Waals surface area contributed by atoms with Crippen LogP contribution in [0.25, 0.3) is 10.1 Å². The second-order valence-corrected chi connectivity index (χ2v) is 7.33. The second-order valence-electron chi connectivity index (χ2n) is 6.28. The summed E-state index contributed by atoms with van der Waals surface area (Å²) in [5.41, 5.74) is 7.04. The van der Waals surface area contributed by atoms with Gasteiger partial charge in [0.05, 0.1) is 18.2 Å². The van der Waals surface area contributed by atoms with Gasteiger partial charge in [0.25, 0.3) is 5.91 Å². The first-order valence-corrected chi connectivity index (χ1v) is 7.89. The van der Waals surface area contributed by atoms with Crippen LogP contribution in [-0.4, -0.2) is 19.6 Å². The molecule has 1 fully saturated rings. The maximum atomic E-state index is 12.4. The van der Waals surface area contributed by atoms with Gasteiger partial charge in [-0.2, -0.15) is 0 Å². The number of ether oxygens (including phenoxy) is 1. The van der Waals surface area contributed by atoms with Crippen LogP contribution in [-0.2, 0) is 0 Å². The molecule has 112 valence electrons. The predicted molar refractivity (Wildman–Crippen MR) is 87.0 cm³/mol. The molecule has 0 spiro atoms. The van der Waals surface area contributed by atoms with E-state index in [1.54, 1.807) is 7.11 Å². The van der Waals surface area contributed by atoms with Gasteiger partial charge in [-0.3, -0.25) is 4.79 Å². The van der Waals surface area contributed by atoms with E-state index in [0.717, 1.165) is 16.6 Å². The van der Waals surface area contributed by atoms with E-state index in [2.05, 4.69) is 19.2 Å². The zero-order chi connectivity index (χ0) is 15.2. The molecule has 21 heavy (non-hydrogen) atoms. The normalized spacial score (nSPS) is 19.5. The summed E-state index contributed by atoms with van der Waals surface area (Å²) in [7, 11) is 1.61. The van der Waals surface area contributed by atoms with Crippen LogP contribution in [0.2, 0.25) is 0 Å². The van der Waals surface area contributed by atoms with Crippen molar-refractivity contribution >= 4 is 33.0 Å². The first kappa shape index (κ1) is 14.2. The third-order valence-corrected chi connectivity index (χ3v) is 5.54. The minimum Gasteiger partial charge on any atom is -0.496 e. The van der Waals surface area contributed by atoms with Crippen molar-refractivity contribution in [2.24, 2.45) is 11.3 Å². The van der Waals surface area contributed by atoms with Gasteiger partial charge in [0.1, 0.15) is 10.6 Å². The highest BCUT2D eigenvalue weighted by molar-refractivity contribution is 7.21. The zero-order valence-corrected chi connectivity index (χ0v) is 13.3. The number of methoxy groups -OCH3 is 1. The Bertz CT molecular complexity index is 706. The van der Waals surface area contributed by atoms with E-state index < -0.39 is 0 Å². The van der Waals surface area contributed by atoms with Gasteiger partial charge in [-0.25, -0.2) is 0 Å². The summed E-state index contributed by atoms with van der Waals surface area (Å²) in [4.78, 5) is 12.9. The van der Waals surface area contributed by atoms with Crippen LogP contribution < -0.4 is 15.8 Å². The van der Waals surface area contributed by atoms with E-state index in [-0.39, 0.29) is 5.91 Å². The number of anilines is 1. The molecule has 1 amide bonds. The number of nitrogen functional groups attached to an aromatic ring is 1. The first-order valence-electron chi connectivity index (χ1n) is 7.07. The van der Waals surface area contributed by atoms with E-state index in [0.29, 0.717) is 27.6 Å². The number of nitrogens with two attached hydrogens (primary N) is 1. The minimum atomic E-state index is -0.0848. The summed E-state index contributed by atoms with van der Waals surface area (Å²) in [5, 5.41) is 3.84. The fourth-order valence-electron chi connectivity index (χ4n) is 2.70. The molecule has 3 N–H and O–H groups in total. The Balaban J connectivity index is 1.83. The number of rotatable bonds is 4. The molecule has 1 saturated carbocycles. The average molecular weight is 304 g/mol. The van der Waals surface area contributed by atoms with Crippen LogP contribution in [0.3, 0.4) is 0 Å². The van der Waals surface area contributed by atoms with Crippen molar-refractivity contribution in [3.8, 4) is 5.75 Å². The molecule has 0 aliphatic heterocycles. The Morgan fingerprint density at radius 3 is 2.86 bits per heavy atom. The van der Waals surface area contributed by atoms with Crippen LogP contribution in [0, 0.1) is 11.3 Å². The number of fused-ring (bicyclic) bond motifs is 1. The van der Waals surface area contributed by atoms with Gasteiger partial charge < -0.3 is 15.8 Å². The molecule has 5 heteroatoms. The number of benzene rings is 1. The molecule has 1 aliphatic carbocycles. The molecule has 1 aromatic carbocycles. The quantitative estimate of drug-likeness (QED) is 0.911. The summed E-state index contributed by atoms with van der Waals surface area (Å²) >= 11 is 1.42. The fourth-order valence-corrected chi connectivity index (χ4v) is 3.76. The maximum Gasteiger partial charge on any atom is 0.263 e. The van der Waals surface area contributed by atoms with E-state index >= 15 is 0 Å². The molecule has 3 rings (SSSR count). The maximum absolute atomic E-state index is 12.4. The van der Waals surface area contributed by atoms with Crippen LogP contribution in [0.15, 0.2) is 18.2 Å². The summed E-state index contributed by atoms with van der Waals surface area (Å²) < 4.78 is 6.31. The molecule has 1 unspecified atom stereocenters. The van der Waals surface area contributed by atoms with Crippen molar-refractivity contribution in [2.75, 3.05) is 19.4 Å². The standard InChI is InChI=1S/C16H20N2O2S/c1-16(2)7-9(16)8-18-15(19)14-13(17)12-10(20-3)5-4-6-11(12)21-14/h4-6,9H,7-8,17H2,1-3H3,(H,18,19). The lowest BCUT2D eigenvalue weighted by Crippen LogP contribution is -2.26. The van der Waals surface area contributed by atoms with Crippen molar-refractivity contribution in [1.82, 2.24) is 5.32 Å². The second kappa shape index (κ2) is 4.91. The van der Waals surface area contributed by atoms with Crippen molar-refractivity contribution in [3.63, 3.8) is 0 Å². The molecule has 1 heterocycles. The Kier molecular flexibility index (Phi) is 3.32. The third-order valence-electron chi connectivity index (χ3n) is 4.37. The zero-order valence-electron chi connectivity index (χ0n) is 12.5. The molecule has 1 atom stereocenters. The SMILES string of the molecule is COc1cccc2sc(C(=O)NCC3CC3(C)C)c(N)c12. The molecule has 0 radical (unpaired) electrons. The highest BCUT2D eigenvalue weighted by Crippen LogP contribution is 2.51. The molecule has 0 bridgehead atoms. The monoisotopic (exact) mass is 304 g/mol. The lowest BCUT2D eigenvalue weighted by atomic mass is 10.1. The molecular weight excluding hydrogens is 284 g/mol. The largest absolute Gasteiger partial charge is 0.496 e. The summed E-state index contributed by atoms with van der Waals surface area (Å²) in [6.45, 7) is 5.17. The lowest BCUT2D eigenvalue weighted by molar-refractivity contribution is 0.0955. The number of hydrogen-bond donors (Lipinski definition) is 2. The van der Waals surface area contributed by atoms with Crippen LogP contribution in [0.5, 0.6) is 5.75 Å². The topological polar surface area (TPSA) is 64.3 Å². The van der Waals surface area contributed by atoms with Crippen LogP contribution in [0.4, 0.5) is 5.69 Å². The molecule has 0 saturated heterocycles. The molecule has 2 aromatic rings. The van der Waals surface area contributed by atoms with Crippen molar-refractivity contribution in [3.05, 3.63) is 23.1 Å². The highest BCUT2D eigenvalue weighted by Gasteiger charge is 2.45. The smallest absolute Gasteiger partial charge is 0.263 e. The van der Waals surface area contributed by atoms with Gasteiger partial charge in [0.2, 0.25) is 0 Å². The number of amides is 1. The Labute approximate surface area is 128 Å². The number of carbonyl (C=O) groups is 1. The fraction of sp³-hybridized carbons (Fsp3) is 0.438. The van der Waals surface area contributed by atoms with Gasteiger partial charge in [0, 0.05) is 11.2 Å². The number of hydrogen-bond acceptors (Lipinski definition) is 4. The Morgan fingerprint density at radius 1 is 1.52 bits per heavy atom. The van der Waals surface area contributed by atoms with E-state index in [9.17, 15) is 4.79 Å².